The molecule has 8 heteroatoms. The van der Waals surface area contributed by atoms with Crippen LogP contribution in [-0.4, -0.2) is 27.3 Å². The lowest BCUT2D eigenvalue weighted by Gasteiger charge is -2.05. The number of hydrogen-bond donors (Lipinski definition) is 3. The molecule has 0 spiro atoms. The van der Waals surface area contributed by atoms with Crippen LogP contribution in [0.15, 0.2) is 30.6 Å². The van der Waals surface area contributed by atoms with Gasteiger partial charge >= 0.3 is 0 Å². The zero-order chi connectivity index (χ0) is 15.2. The molecule has 1 aromatic heterocycles. The molecule has 1 amide bonds. The number of nitro groups is 1. The zero-order valence-corrected chi connectivity index (χ0v) is 11.2. The van der Waals surface area contributed by atoms with Gasteiger partial charge in [-0.1, -0.05) is 0 Å². The van der Waals surface area contributed by atoms with E-state index in [2.05, 4.69) is 15.3 Å². The van der Waals surface area contributed by atoms with Gasteiger partial charge in [-0.25, -0.2) is 4.98 Å². The minimum absolute atomic E-state index is 0.0365. The maximum Gasteiger partial charge on any atom is 0.292 e. The molecule has 0 fully saturated rings. The minimum Gasteiger partial charge on any atom is -0.393 e. The molecule has 0 bridgehead atoms. The highest BCUT2D eigenvalue weighted by Crippen LogP contribution is 2.22. The van der Waals surface area contributed by atoms with Crippen LogP contribution in [0.4, 0.5) is 11.4 Å². The Kier molecular flexibility index (Phi) is 4.50. The fraction of sp³-hybridized carbons (Fsp3) is 0.231. The number of nitrogens with two attached hydrogens (primary N) is 1. The number of aromatic nitrogens is 2. The first kappa shape index (κ1) is 14.5. The van der Waals surface area contributed by atoms with Crippen LogP contribution >= 0.6 is 0 Å². The molecule has 0 saturated heterocycles. The number of imidazole rings is 1. The molecule has 0 aliphatic rings. The first-order chi connectivity index (χ1) is 10.1. The van der Waals surface area contributed by atoms with E-state index in [1.54, 1.807) is 12.4 Å². The van der Waals surface area contributed by atoms with Crippen molar-refractivity contribution in [2.75, 3.05) is 12.3 Å². The Labute approximate surface area is 120 Å². The summed E-state index contributed by atoms with van der Waals surface area (Å²) >= 11 is 0. The Morgan fingerprint density at radius 1 is 1.48 bits per heavy atom. The molecule has 2 rings (SSSR count). The summed E-state index contributed by atoms with van der Waals surface area (Å²) in [5.74, 6) is 0.491. The number of nitrogens with zero attached hydrogens (tertiary/aromatic N) is 2. The topological polar surface area (TPSA) is 127 Å². The number of carbonyl (C=O) groups excluding carboxylic acids is 1. The van der Waals surface area contributed by atoms with Crippen molar-refractivity contribution in [2.24, 2.45) is 0 Å². The molecule has 0 radical (unpaired) electrons. The number of H-pyrrole nitrogens is 1. The van der Waals surface area contributed by atoms with Crippen LogP contribution in [0.5, 0.6) is 0 Å². The van der Waals surface area contributed by atoms with Gasteiger partial charge in [-0.2, -0.15) is 0 Å². The molecule has 0 saturated carbocycles. The normalized spacial score (nSPS) is 10.3. The summed E-state index contributed by atoms with van der Waals surface area (Å²) in [7, 11) is 0. The van der Waals surface area contributed by atoms with Crippen LogP contribution in [0, 0.1) is 10.1 Å². The molecule has 8 nitrogen and oxygen atoms in total. The smallest absolute Gasteiger partial charge is 0.292 e. The molecule has 0 aliphatic heterocycles. The van der Waals surface area contributed by atoms with E-state index in [9.17, 15) is 14.9 Å². The van der Waals surface area contributed by atoms with Crippen molar-refractivity contribution in [1.82, 2.24) is 15.3 Å². The second kappa shape index (κ2) is 6.51. The summed E-state index contributed by atoms with van der Waals surface area (Å²) in [5, 5.41) is 13.5. The zero-order valence-electron chi connectivity index (χ0n) is 11.2. The predicted molar refractivity (Wildman–Crippen MR) is 76.8 cm³/mol. The van der Waals surface area contributed by atoms with Crippen LogP contribution in [0.1, 0.15) is 22.6 Å². The largest absolute Gasteiger partial charge is 0.393 e. The molecule has 1 aromatic carbocycles. The van der Waals surface area contributed by atoms with Crippen molar-refractivity contribution >= 4 is 17.3 Å². The summed E-state index contributed by atoms with van der Waals surface area (Å²) in [5.41, 5.74) is 5.47. The molecule has 0 atom stereocenters. The lowest BCUT2D eigenvalue weighted by molar-refractivity contribution is -0.383. The van der Waals surface area contributed by atoms with Crippen LogP contribution in [0.2, 0.25) is 0 Å². The van der Waals surface area contributed by atoms with E-state index >= 15 is 0 Å². The molecule has 0 unspecified atom stereocenters. The van der Waals surface area contributed by atoms with Crippen LogP contribution in [-0.2, 0) is 6.42 Å². The van der Waals surface area contributed by atoms with Gasteiger partial charge in [-0.15, -0.1) is 0 Å². The number of anilines is 1. The molecule has 0 aliphatic carbocycles. The number of aryl methyl sites for hydroxylation is 1. The lowest BCUT2D eigenvalue weighted by Crippen LogP contribution is -2.25. The van der Waals surface area contributed by atoms with Gasteiger partial charge in [0.15, 0.2) is 0 Å². The third-order valence-corrected chi connectivity index (χ3v) is 2.92. The second-order valence-corrected chi connectivity index (χ2v) is 4.43. The average Bonchev–Trinajstić information content (AvgIpc) is 2.96. The first-order valence-corrected chi connectivity index (χ1v) is 6.38. The van der Waals surface area contributed by atoms with E-state index in [0.717, 1.165) is 18.7 Å². The third kappa shape index (κ3) is 3.78. The van der Waals surface area contributed by atoms with Crippen molar-refractivity contribution in [3.8, 4) is 0 Å². The standard InChI is InChI=1S/C13H15N5O3/c14-10-4-3-9(8-11(10)18(20)21)13(19)17-5-1-2-12-15-6-7-16-12/h3-4,6-8H,1-2,5,14H2,(H,15,16)(H,17,19). The van der Waals surface area contributed by atoms with E-state index in [0.29, 0.717) is 6.54 Å². The van der Waals surface area contributed by atoms with Gasteiger partial charge in [0.05, 0.1) is 4.92 Å². The Hall–Kier alpha value is -2.90. The van der Waals surface area contributed by atoms with E-state index in [-0.39, 0.29) is 22.8 Å². The number of benzene rings is 1. The highest BCUT2D eigenvalue weighted by atomic mass is 16.6. The quantitative estimate of drug-likeness (QED) is 0.319. The van der Waals surface area contributed by atoms with Crippen LogP contribution in [0.25, 0.3) is 0 Å². The van der Waals surface area contributed by atoms with Crippen molar-refractivity contribution in [1.29, 1.82) is 0 Å². The summed E-state index contributed by atoms with van der Waals surface area (Å²) in [6.45, 7) is 0.456. The maximum absolute atomic E-state index is 11.9. The van der Waals surface area contributed by atoms with Gasteiger partial charge in [-0.05, 0) is 18.6 Å². The SMILES string of the molecule is Nc1ccc(C(=O)NCCCc2ncc[nH]2)cc1[N+](=O)[O-]. The number of aromatic amines is 1. The number of nitrogen functional groups attached to an aromatic ring is 1. The number of rotatable bonds is 6. The van der Waals surface area contributed by atoms with Crippen molar-refractivity contribution < 1.29 is 9.72 Å². The van der Waals surface area contributed by atoms with Crippen molar-refractivity contribution in [2.45, 2.75) is 12.8 Å². The van der Waals surface area contributed by atoms with Gasteiger partial charge in [0.25, 0.3) is 11.6 Å². The van der Waals surface area contributed by atoms with Crippen LogP contribution in [0.3, 0.4) is 0 Å². The summed E-state index contributed by atoms with van der Waals surface area (Å²) < 4.78 is 0. The third-order valence-electron chi connectivity index (χ3n) is 2.92. The first-order valence-electron chi connectivity index (χ1n) is 6.38. The summed E-state index contributed by atoms with van der Waals surface area (Å²) in [6, 6.07) is 4.00. The van der Waals surface area contributed by atoms with Gasteiger partial charge in [0.2, 0.25) is 0 Å². The van der Waals surface area contributed by atoms with Crippen molar-refractivity contribution in [3.05, 3.63) is 52.1 Å². The maximum atomic E-state index is 11.9. The summed E-state index contributed by atoms with van der Waals surface area (Å²) in [6.07, 6.45) is 4.84. The van der Waals surface area contributed by atoms with Gasteiger partial charge in [0.1, 0.15) is 11.5 Å². The highest BCUT2D eigenvalue weighted by molar-refractivity contribution is 5.95. The molecule has 1 heterocycles. The Morgan fingerprint density at radius 2 is 2.29 bits per heavy atom. The predicted octanol–water partition coefficient (Wildman–Crippen LogP) is 1.26. The van der Waals surface area contributed by atoms with E-state index in [1.807, 2.05) is 0 Å². The fourth-order valence-corrected chi connectivity index (χ4v) is 1.84. The number of nitro benzene ring substituents is 1. The number of nitrogens with one attached hydrogen (secondary N) is 2. The van der Waals surface area contributed by atoms with E-state index in [1.165, 1.54) is 18.2 Å². The van der Waals surface area contributed by atoms with Gasteiger partial charge < -0.3 is 16.0 Å². The average molecular weight is 289 g/mol. The molecular formula is C13H15N5O3. The van der Waals surface area contributed by atoms with Gasteiger partial charge in [-0.3, -0.25) is 14.9 Å². The molecule has 21 heavy (non-hydrogen) atoms. The molecule has 2 aromatic rings. The lowest BCUT2D eigenvalue weighted by atomic mass is 10.1. The van der Waals surface area contributed by atoms with E-state index < -0.39 is 4.92 Å². The van der Waals surface area contributed by atoms with E-state index in [4.69, 9.17) is 5.73 Å². The second-order valence-electron chi connectivity index (χ2n) is 4.43. The Morgan fingerprint density at radius 3 is 2.95 bits per heavy atom. The van der Waals surface area contributed by atoms with Crippen molar-refractivity contribution in [3.63, 3.8) is 0 Å². The summed E-state index contributed by atoms with van der Waals surface area (Å²) in [4.78, 5) is 29.1. The molecule has 110 valence electrons. The monoisotopic (exact) mass is 289 g/mol. The molecular weight excluding hydrogens is 274 g/mol. The highest BCUT2D eigenvalue weighted by Gasteiger charge is 2.15. The van der Waals surface area contributed by atoms with Crippen LogP contribution < -0.4 is 11.1 Å². The Balaban J connectivity index is 1.88. The minimum atomic E-state index is -0.608. The van der Waals surface area contributed by atoms with Gasteiger partial charge in [0, 0.05) is 37.0 Å². The molecule has 4 N–H and O–H groups in total. The number of amides is 1. The fourth-order valence-electron chi connectivity index (χ4n) is 1.84. The Bertz CT molecular complexity index is 639. The number of hydrogen-bond acceptors (Lipinski definition) is 5. The number of carbonyl (C=O) groups is 1.